The predicted molar refractivity (Wildman–Crippen MR) is 89.9 cm³/mol. The van der Waals surface area contributed by atoms with Gasteiger partial charge in [0.05, 0.1) is 0 Å². The molecule has 2 N–H and O–H groups in total. The third-order valence-electron chi connectivity index (χ3n) is 4.20. The molecule has 0 bridgehead atoms. The minimum atomic E-state index is -0.188. The fourth-order valence-electron chi connectivity index (χ4n) is 3.21. The molecule has 22 heavy (non-hydrogen) atoms. The number of hydrogen-bond acceptors (Lipinski definition) is 2. The second-order valence-electron chi connectivity index (χ2n) is 6.07. The first-order valence-electron chi connectivity index (χ1n) is 7.60. The van der Waals surface area contributed by atoms with Gasteiger partial charge in [-0.25, -0.2) is 4.39 Å². The zero-order chi connectivity index (χ0) is 15.5. The van der Waals surface area contributed by atoms with E-state index >= 15 is 0 Å². The number of anilines is 1. The Labute approximate surface area is 135 Å². The van der Waals surface area contributed by atoms with Crippen molar-refractivity contribution in [1.82, 2.24) is 0 Å². The average Bonchev–Trinajstić information content (AvgIpc) is 2.50. The number of nitrogens with zero attached hydrogens (tertiary/aromatic N) is 1. The Balaban J connectivity index is 1.70. The van der Waals surface area contributed by atoms with Crippen LogP contribution >= 0.6 is 11.6 Å². The molecule has 0 saturated carbocycles. The minimum Gasteiger partial charge on any atom is -0.370 e. The van der Waals surface area contributed by atoms with Crippen LogP contribution in [0.15, 0.2) is 48.5 Å². The molecule has 0 amide bonds. The molecular formula is C18H20ClFN2. The number of halogens is 2. The largest absolute Gasteiger partial charge is 0.370 e. The van der Waals surface area contributed by atoms with E-state index in [0.717, 1.165) is 42.2 Å². The van der Waals surface area contributed by atoms with E-state index in [1.54, 1.807) is 0 Å². The molecule has 2 aromatic carbocycles. The molecule has 1 fully saturated rings. The van der Waals surface area contributed by atoms with Gasteiger partial charge in [0.25, 0.3) is 0 Å². The molecule has 1 aliphatic heterocycles. The molecule has 2 atom stereocenters. The Morgan fingerprint density at radius 1 is 1.05 bits per heavy atom. The zero-order valence-corrected chi connectivity index (χ0v) is 13.1. The third kappa shape index (κ3) is 3.79. The van der Waals surface area contributed by atoms with Gasteiger partial charge in [0, 0.05) is 29.8 Å². The predicted octanol–water partition coefficient (Wildman–Crippen LogP) is 3.88. The van der Waals surface area contributed by atoms with Crippen LogP contribution in [0.25, 0.3) is 0 Å². The summed E-state index contributed by atoms with van der Waals surface area (Å²) in [5, 5.41) is 0.743. The van der Waals surface area contributed by atoms with Crippen molar-refractivity contribution < 1.29 is 4.39 Å². The molecule has 2 nitrogen and oxygen atoms in total. The minimum absolute atomic E-state index is 0.162. The summed E-state index contributed by atoms with van der Waals surface area (Å²) in [5.74, 6) is 0.289. The molecule has 116 valence electrons. The van der Waals surface area contributed by atoms with Crippen LogP contribution in [-0.4, -0.2) is 19.1 Å². The van der Waals surface area contributed by atoms with Crippen LogP contribution < -0.4 is 10.6 Å². The van der Waals surface area contributed by atoms with E-state index in [0.29, 0.717) is 5.92 Å². The molecule has 2 unspecified atom stereocenters. The summed E-state index contributed by atoms with van der Waals surface area (Å²) in [7, 11) is 0. The molecule has 1 heterocycles. The molecule has 1 saturated heterocycles. The Morgan fingerprint density at radius 2 is 1.73 bits per heavy atom. The van der Waals surface area contributed by atoms with E-state index < -0.39 is 0 Å². The molecule has 4 heteroatoms. The molecule has 1 aliphatic rings. The summed E-state index contributed by atoms with van der Waals surface area (Å²) < 4.78 is 13.0. The van der Waals surface area contributed by atoms with Crippen LogP contribution in [0.5, 0.6) is 0 Å². The van der Waals surface area contributed by atoms with Gasteiger partial charge in [-0.05, 0) is 60.7 Å². The van der Waals surface area contributed by atoms with E-state index in [2.05, 4.69) is 4.90 Å². The molecular weight excluding hydrogens is 299 g/mol. The third-order valence-corrected chi connectivity index (χ3v) is 4.45. The second kappa shape index (κ2) is 6.67. The molecule has 0 spiro atoms. The highest BCUT2D eigenvalue weighted by Gasteiger charge is 2.25. The highest BCUT2D eigenvalue weighted by molar-refractivity contribution is 6.30. The number of hydrogen-bond donors (Lipinski definition) is 1. The summed E-state index contributed by atoms with van der Waals surface area (Å²) >= 11 is 5.95. The normalized spacial score (nSPS) is 21.9. The molecule has 0 radical (unpaired) electrons. The van der Waals surface area contributed by atoms with Gasteiger partial charge in [-0.15, -0.1) is 0 Å². The molecule has 0 aliphatic carbocycles. The number of piperidine rings is 1. The van der Waals surface area contributed by atoms with Crippen molar-refractivity contribution in [1.29, 1.82) is 0 Å². The lowest BCUT2D eigenvalue weighted by atomic mass is 9.89. The lowest BCUT2D eigenvalue weighted by Gasteiger charge is -2.38. The van der Waals surface area contributed by atoms with Gasteiger partial charge in [0.2, 0.25) is 0 Å². The lowest BCUT2D eigenvalue weighted by molar-refractivity contribution is 0.374. The smallest absolute Gasteiger partial charge is 0.123 e. The van der Waals surface area contributed by atoms with Crippen LogP contribution in [0.3, 0.4) is 0 Å². The van der Waals surface area contributed by atoms with Crippen molar-refractivity contribution in [3.8, 4) is 0 Å². The first-order valence-corrected chi connectivity index (χ1v) is 7.98. The van der Waals surface area contributed by atoms with E-state index in [1.165, 1.54) is 12.1 Å². The monoisotopic (exact) mass is 318 g/mol. The topological polar surface area (TPSA) is 29.3 Å². The van der Waals surface area contributed by atoms with Crippen molar-refractivity contribution in [2.75, 3.05) is 18.0 Å². The van der Waals surface area contributed by atoms with Crippen LogP contribution in [0.1, 0.15) is 12.0 Å². The van der Waals surface area contributed by atoms with E-state index in [1.807, 2.05) is 36.4 Å². The maximum absolute atomic E-state index is 13.0. The summed E-state index contributed by atoms with van der Waals surface area (Å²) in [6.45, 7) is 1.83. The quantitative estimate of drug-likeness (QED) is 0.930. The molecule has 3 rings (SSSR count). The van der Waals surface area contributed by atoms with Crippen LogP contribution in [-0.2, 0) is 6.42 Å². The maximum Gasteiger partial charge on any atom is 0.123 e. The summed E-state index contributed by atoms with van der Waals surface area (Å²) in [4.78, 5) is 2.32. The van der Waals surface area contributed by atoms with Gasteiger partial charge in [-0.1, -0.05) is 23.7 Å². The van der Waals surface area contributed by atoms with Crippen molar-refractivity contribution >= 4 is 17.3 Å². The van der Waals surface area contributed by atoms with Crippen molar-refractivity contribution in [3.05, 3.63) is 64.9 Å². The summed E-state index contributed by atoms with van der Waals surface area (Å²) in [6, 6.07) is 14.8. The molecule has 0 aromatic heterocycles. The molecule has 2 aromatic rings. The van der Waals surface area contributed by atoms with Crippen LogP contribution in [0.2, 0.25) is 5.02 Å². The Kier molecular flexibility index (Phi) is 4.65. The van der Waals surface area contributed by atoms with E-state index in [9.17, 15) is 4.39 Å². The Morgan fingerprint density at radius 3 is 2.41 bits per heavy atom. The van der Waals surface area contributed by atoms with Gasteiger partial charge in [0.15, 0.2) is 0 Å². The van der Waals surface area contributed by atoms with E-state index in [4.69, 9.17) is 17.3 Å². The Bertz CT molecular complexity index is 612. The number of benzene rings is 2. The average molecular weight is 319 g/mol. The van der Waals surface area contributed by atoms with Gasteiger partial charge in [-0.2, -0.15) is 0 Å². The fourth-order valence-corrected chi connectivity index (χ4v) is 3.34. The lowest BCUT2D eigenvalue weighted by Crippen LogP contribution is -2.47. The standard InChI is InChI=1S/C18H20ClFN2/c19-15-3-7-18(8-4-15)22-11-14(10-17(21)12-22)9-13-1-5-16(20)6-2-13/h1-8,14,17H,9-12,21H2. The number of nitrogens with two attached hydrogens (primary N) is 1. The van der Waals surface area contributed by atoms with Gasteiger partial charge in [-0.3, -0.25) is 0 Å². The van der Waals surface area contributed by atoms with Gasteiger partial charge >= 0.3 is 0 Å². The van der Waals surface area contributed by atoms with Crippen LogP contribution in [0, 0.1) is 11.7 Å². The Hall–Kier alpha value is -1.58. The SMILES string of the molecule is NC1CC(Cc2ccc(F)cc2)CN(c2ccc(Cl)cc2)C1. The second-order valence-corrected chi connectivity index (χ2v) is 6.51. The number of rotatable bonds is 3. The van der Waals surface area contributed by atoms with Crippen molar-refractivity contribution in [3.63, 3.8) is 0 Å². The fraction of sp³-hybridized carbons (Fsp3) is 0.333. The van der Waals surface area contributed by atoms with Gasteiger partial charge < -0.3 is 10.6 Å². The zero-order valence-electron chi connectivity index (χ0n) is 12.4. The highest BCUT2D eigenvalue weighted by Crippen LogP contribution is 2.26. The summed E-state index contributed by atoms with van der Waals surface area (Å²) in [5.41, 5.74) is 8.55. The van der Waals surface area contributed by atoms with Crippen molar-refractivity contribution in [2.24, 2.45) is 11.7 Å². The maximum atomic E-state index is 13.0. The van der Waals surface area contributed by atoms with Gasteiger partial charge in [0.1, 0.15) is 5.82 Å². The van der Waals surface area contributed by atoms with Crippen LogP contribution in [0.4, 0.5) is 10.1 Å². The first-order chi connectivity index (χ1) is 10.6. The van der Waals surface area contributed by atoms with E-state index in [-0.39, 0.29) is 11.9 Å². The first kappa shape index (κ1) is 15.3. The highest BCUT2D eigenvalue weighted by atomic mass is 35.5. The summed E-state index contributed by atoms with van der Waals surface area (Å²) in [6.07, 6.45) is 1.93. The van der Waals surface area contributed by atoms with Crippen molar-refractivity contribution in [2.45, 2.75) is 18.9 Å².